The smallest absolute Gasteiger partial charge is 0.251 e. The lowest BCUT2D eigenvalue weighted by atomic mass is 9.76. The van der Waals surface area contributed by atoms with Gasteiger partial charge in [0.1, 0.15) is 0 Å². The van der Waals surface area contributed by atoms with E-state index < -0.39 is 5.41 Å². The molecule has 1 amide bonds. The first-order chi connectivity index (χ1) is 11.5. The molecule has 24 heavy (non-hydrogen) atoms. The van der Waals surface area contributed by atoms with Gasteiger partial charge in [-0.25, -0.2) is 5.01 Å². The molecule has 1 atom stereocenters. The number of hydrazone groups is 1. The first-order valence-electron chi connectivity index (χ1n) is 8.13. The molecule has 2 N–H and O–H groups in total. The van der Waals surface area contributed by atoms with Crippen molar-refractivity contribution in [3.8, 4) is 12.3 Å². The van der Waals surface area contributed by atoms with E-state index in [1.54, 1.807) is 16.8 Å². The lowest BCUT2D eigenvalue weighted by Gasteiger charge is -2.38. The minimum absolute atomic E-state index is 0.0545. The fourth-order valence-electron chi connectivity index (χ4n) is 2.87. The number of carbonyl (C=O) groups is 1. The second kappa shape index (κ2) is 7.87. The highest BCUT2D eigenvalue weighted by Gasteiger charge is 2.44. The van der Waals surface area contributed by atoms with Crippen molar-refractivity contribution in [3.05, 3.63) is 29.8 Å². The highest BCUT2D eigenvalue weighted by Crippen LogP contribution is 2.34. The Morgan fingerprint density at radius 1 is 1.42 bits per heavy atom. The summed E-state index contributed by atoms with van der Waals surface area (Å²) < 4.78 is 0. The molecule has 0 bridgehead atoms. The molecule has 1 aromatic carbocycles. The van der Waals surface area contributed by atoms with Gasteiger partial charge in [-0.2, -0.15) is 5.10 Å². The molecule has 0 saturated carbocycles. The molecule has 1 aromatic rings. The predicted octanol–water partition coefficient (Wildman–Crippen LogP) is 2.97. The molecular formula is C19H25N3OS. The Morgan fingerprint density at radius 3 is 2.58 bits per heavy atom. The number of nitrogens with two attached hydrogens (primary N) is 1. The molecule has 0 spiro atoms. The lowest BCUT2D eigenvalue weighted by Crippen LogP contribution is -2.51. The number of carbonyl (C=O) groups excluding carboxylic acids is 1. The molecule has 0 aromatic heterocycles. The van der Waals surface area contributed by atoms with Gasteiger partial charge in [0.05, 0.1) is 11.1 Å². The van der Waals surface area contributed by atoms with E-state index in [0.29, 0.717) is 25.3 Å². The molecular weight excluding hydrogens is 318 g/mol. The van der Waals surface area contributed by atoms with Crippen LogP contribution in [0.15, 0.2) is 34.3 Å². The first kappa shape index (κ1) is 18.6. The zero-order valence-electron chi connectivity index (χ0n) is 14.6. The van der Waals surface area contributed by atoms with Gasteiger partial charge in [-0.15, -0.1) is 24.1 Å². The second-order valence-electron chi connectivity index (χ2n) is 6.60. The van der Waals surface area contributed by atoms with Crippen LogP contribution in [0.3, 0.4) is 0 Å². The molecule has 2 rings (SSSR count). The topological polar surface area (TPSA) is 58.7 Å². The number of benzene rings is 1. The lowest BCUT2D eigenvalue weighted by molar-refractivity contribution is -0.143. The van der Waals surface area contributed by atoms with E-state index in [-0.39, 0.29) is 12.5 Å². The van der Waals surface area contributed by atoms with Crippen molar-refractivity contribution < 1.29 is 4.79 Å². The molecule has 128 valence electrons. The minimum atomic E-state index is -0.751. The third kappa shape index (κ3) is 3.82. The molecule has 1 heterocycles. The maximum Gasteiger partial charge on any atom is 0.251 e. The summed E-state index contributed by atoms with van der Waals surface area (Å²) in [6.07, 6.45) is 8.39. The number of rotatable bonds is 6. The number of thioether (sulfide) groups is 1. The van der Waals surface area contributed by atoms with Gasteiger partial charge < -0.3 is 5.73 Å². The fourth-order valence-corrected chi connectivity index (χ4v) is 3.28. The number of amides is 1. The zero-order chi connectivity index (χ0) is 17.7. The third-order valence-corrected chi connectivity index (χ3v) is 4.97. The molecule has 0 aliphatic carbocycles. The SMILES string of the molecule is C#CCC1(CN)CC(c2ccc(SC)cc2)=NN(CC(C)C)C1=O. The van der Waals surface area contributed by atoms with Gasteiger partial charge >= 0.3 is 0 Å². The van der Waals surface area contributed by atoms with Crippen LogP contribution in [0.25, 0.3) is 0 Å². The monoisotopic (exact) mass is 343 g/mol. The average molecular weight is 343 g/mol. The standard InChI is InChI=1S/C19H25N3OS/c1-5-10-19(13-20)11-17(15-6-8-16(24-4)9-7-15)21-22(18(19)23)12-14(2)3/h1,6-9,14H,10-13,20H2,2-4H3. The molecule has 1 aliphatic rings. The summed E-state index contributed by atoms with van der Waals surface area (Å²) in [6, 6.07) is 8.23. The van der Waals surface area contributed by atoms with Crippen LogP contribution in [0.4, 0.5) is 0 Å². The van der Waals surface area contributed by atoms with Crippen LogP contribution in [0.1, 0.15) is 32.3 Å². The molecule has 4 nitrogen and oxygen atoms in total. The fraction of sp³-hybridized carbons (Fsp3) is 0.474. The van der Waals surface area contributed by atoms with Gasteiger partial charge in [0.2, 0.25) is 0 Å². The third-order valence-electron chi connectivity index (χ3n) is 4.23. The Kier molecular flexibility index (Phi) is 6.09. The molecule has 1 unspecified atom stereocenters. The number of hydrogen-bond acceptors (Lipinski definition) is 4. The molecule has 1 aliphatic heterocycles. The molecule has 0 fully saturated rings. The van der Waals surface area contributed by atoms with E-state index >= 15 is 0 Å². The first-order valence-corrected chi connectivity index (χ1v) is 9.35. The van der Waals surface area contributed by atoms with E-state index in [0.717, 1.165) is 11.3 Å². The normalized spacial score (nSPS) is 20.9. The Hall–Kier alpha value is -1.77. The summed E-state index contributed by atoms with van der Waals surface area (Å²) in [4.78, 5) is 14.1. The predicted molar refractivity (Wildman–Crippen MR) is 101 cm³/mol. The van der Waals surface area contributed by atoms with Crippen LogP contribution in [0.5, 0.6) is 0 Å². The van der Waals surface area contributed by atoms with Crippen LogP contribution >= 0.6 is 11.8 Å². The Bertz CT molecular complexity index is 660. The zero-order valence-corrected chi connectivity index (χ0v) is 15.4. The molecule has 0 saturated heterocycles. The van der Waals surface area contributed by atoms with Gasteiger partial charge in [-0.1, -0.05) is 26.0 Å². The largest absolute Gasteiger partial charge is 0.329 e. The molecule has 5 heteroatoms. The summed E-state index contributed by atoms with van der Waals surface area (Å²) in [6.45, 7) is 4.93. The summed E-state index contributed by atoms with van der Waals surface area (Å²) in [5, 5.41) is 6.19. The van der Waals surface area contributed by atoms with Gasteiger partial charge in [-0.05, 0) is 29.9 Å². The van der Waals surface area contributed by atoms with Crippen molar-refractivity contribution in [2.75, 3.05) is 19.3 Å². The number of nitrogens with zero attached hydrogens (tertiary/aromatic N) is 2. The summed E-state index contributed by atoms with van der Waals surface area (Å²) in [5.74, 6) is 2.90. The van der Waals surface area contributed by atoms with E-state index in [4.69, 9.17) is 12.2 Å². The highest BCUT2D eigenvalue weighted by atomic mass is 32.2. The van der Waals surface area contributed by atoms with E-state index in [1.165, 1.54) is 4.90 Å². The quantitative estimate of drug-likeness (QED) is 0.638. The highest BCUT2D eigenvalue weighted by molar-refractivity contribution is 7.98. The molecule has 0 radical (unpaired) electrons. The van der Waals surface area contributed by atoms with Crippen molar-refractivity contribution in [1.29, 1.82) is 0 Å². The summed E-state index contributed by atoms with van der Waals surface area (Å²) in [5.41, 5.74) is 7.14. The number of terminal acetylenes is 1. The van der Waals surface area contributed by atoms with E-state index in [1.807, 2.05) is 18.4 Å². The van der Waals surface area contributed by atoms with Crippen LogP contribution in [0.2, 0.25) is 0 Å². The second-order valence-corrected chi connectivity index (χ2v) is 7.48. The maximum absolute atomic E-state index is 12.9. The van der Waals surface area contributed by atoms with Crippen molar-refractivity contribution in [2.24, 2.45) is 22.2 Å². The summed E-state index contributed by atoms with van der Waals surface area (Å²) >= 11 is 1.70. The van der Waals surface area contributed by atoms with Crippen molar-refractivity contribution in [2.45, 2.75) is 31.6 Å². The van der Waals surface area contributed by atoms with Crippen molar-refractivity contribution in [1.82, 2.24) is 5.01 Å². The van der Waals surface area contributed by atoms with Crippen molar-refractivity contribution >= 4 is 23.4 Å². The summed E-state index contributed by atoms with van der Waals surface area (Å²) in [7, 11) is 0. The van der Waals surface area contributed by atoms with Crippen LogP contribution in [-0.4, -0.2) is 36.0 Å². The Morgan fingerprint density at radius 2 is 2.08 bits per heavy atom. The van der Waals surface area contributed by atoms with Crippen molar-refractivity contribution in [3.63, 3.8) is 0 Å². The Balaban J connectivity index is 2.44. The van der Waals surface area contributed by atoms with E-state index in [9.17, 15) is 4.79 Å². The Labute approximate surface area is 148 Å². The van der Waals surface area contributed by atoms with Crippen LogP contribution in [0, 0.1) is 23.7 Å². The number of hydrogen-bond donors (Lipinski definition) is 1. The van der Waals surface area contributed by atoms with Gasteiger partial charge in [-0.3, -0.25) is 4.79 Å². The van der Waals surface area contributed by atoms with Gasteiger partial charge in [0, 0.05) is 30.8 Å². The van der Waals surface area contributed by atoms with Gasteiger partial charge in [0.25, 0.3) is 5.91 Å². The van der Waals surface area contributed by atoms with E-state index in [2.05, 4.69) is 37.0 Å². The maximum atomic E-state index is 12.9. The van der Waals surface area contributed by atoms with Crippen LogP contribution < -0.4 is 5.73 Å². The van der Waals surface area contributed by atoms with Gasteiger partial charge in [0.15, 0.2) is 0 Å². The minimum Gasteiger partial charge on any atom is -0.329 e. The average Bonchev–Trinajstić information content (AvgIpc) is 2.58. The van der Waals surface area contributed by atoms with Crippen LogP contribution in [-0.2, 0) is 4.79 Å².